The largest absolute Gasteiger partial charge is 0.494 e. The van der Waals surface area contributed by atoms with Crippen LogP contribution >= 0.6 is 17.0 Å². The predicted octanol–water partition coefficient (Wildman–Crippen LogP) is 4.02. The lowest BCUT2D eigenvalue weighted by Crippen LogP contribution is -2.37. The number of nitrogens with zero attached hydrogens (tertiary/aromatic N) is 2. The molecule has 2 aliphatic rings. The van der Waals surface area contributed by atoms with Gasteiger partial charge in [0.05, 0.1) is 31.8 Å². The van der Waals surface area contributed by atoms with Gasteiger partial charge >= 0.3 is 0 Å². The Labute approximate surface area is 240 Å². The third kappa shape index (κ3) is 6.11. The molecule has 2 N–H and O–H groups in total. The number of anilines is 1. The summed E-state index contributed by atoms with van der Waals surface area (Å²) < 4.78 is 11.8. The number of amides is 2. The summed E-state index contributed by atoms with van der Waals surface area (Å²) in [7, 11) is 1.58. The van der Waals surface area contributed by atoms with E-state index < -0.39 is 0 Å². The van der Waals surface area contributed by atoms with E-state index in [0.717, 1.165) is 11.1 Å². The Morgan fingerprint density at radius 2 is 1.87 bits per heavy atom. The molecule has 4 rings (SSSR count). The molecule has 0 atom stereocenters. The summed E-state index contributed by atoms with van der Waals surface area (Å²) in [6.45, 7) is 11.2. The normalized spacial score (nSPS) is 14.2. The van der Waals surface area contributed by atoms with Crippen molar-refractivity contribution in [3.05, 3.63) is 52.1 Å². The van der Waals surface area contributed by atoms with Crippen molar-refractivity contribution in [3.8, 4) is 11.5 Å². The number of rotatable bonds is 7. The number of carbonyl (C=O) groups is 3. The van der Waals surface area contributed by atoms with Crippen LogP contribution in [0.1, 0.15) is 67.2 Å². The maximum atomic E-state index is 13.6. The summed E-state index contributed by atoms with van der Waals surface area (Å²) >= 11 is 0. The average molecular weight is 602 g/mol. The number of ketones is 1. The Kier molecular flexibility index (Phi) is 9.10. The van der Waals surface area contributed by atoms with Gasteiger partial charge < -0.3 is 24.6 Å². The second-order valence-corrected chi connectivity index (χ2v) is 10.7. The monoisotopic (exact) mass is 600 g/mol. The fourth-order valence-corrected chi connectivity index (χ4v) is 4.93. The van der Waals surface area contributed by atoms with Crippen LogP contribution in [0.15, 0.2) is 24.3 Å². The molecule has 2 aromatic carbocycles. The number of hydrogen-bond donors (Lipinski definition) is 2. The molecule has 2 amide bonds. The van der Waals surface area contributed by atoms with Crippen LogP contribution in [0.4, 0.5) is 5.69 Å². The summed E-state index contributed by atoms with van der Waals surface area (Å²) in [4.78, 5) is 41.4. The maximum absolute atomic E-state index is 13.6. The van der Waals surface area contributed by atoms with Gasteiger partial charge in [-0.3, -0.25) is 19.8 Å². The van der Waals surface area contributed by atoms with E-state index in [0.29, 0.717) is 60.2 Å². The van der Waals surface area contributed by atoms with E-state index in [9.17, 15) is 14.4 Å². The molecule has 9 nitrogen and oxygen atoms in total. The molecular weight excluding hydrogens is 564 g/mol. The first kappa shape index (κ1) is 30.1. The minimum absolute atomic E-state index is 0. The summed E-state index contributed by atoms with van der Waals surface area (Å²) in [5.74, 6) is 1.09. The van der Waals surface area contributed by atoms with Crippen LogP contribution in [0.3, 0.4) is 0 Å². The molecule has 0 radical (unpaired) electrons. The molecule has 0 saturated heterocycles. The highest BCUT2D eigenvalue weighted by atomic mass is 79.9. The molecule has 2 aromatic rings. The number of Topliss-reactive ketones (excluding diaryl/α,β-unsaturated/α-hetero) is 1. The second kappa shape index (κ2) is 11.8. The number of likely N-dealkylation sites (N-methyl/N-ethyl adjacent to an activating group) is 1. The lowest BCUT2D eigenvalue weighted by molar-refractivity contribution is -0.120. The molecule has 0 fully saturated rings. The number of nitrogens with one attached hydrogen (secondary N) is 2. The van der Waals surface area contributed by atoms with Crippen molar-refractivity contribution < 1.29 is 23.9 Å². The average Bonchev–Trinajstić information content (AvgIpc) is 3.16. The van der Waals surface area contributed by atoms with Gasteiger partial charge in [0.25, 0.3) is 0 Å². The SMILES string of the molecule is Br.CCOc1cc2c(cc1CC(=O)NC)C(=N)N(CC(=O)c1cc3c(c(C(C)(C)C)c1)OCCN3C(C)=O)C2. The number of halogens is 1. The van der Waals surface area contributed by atoms with E-state index in [1.165, 1.54) is 6.92 Å². The van der Waals surface area contributed by atoms with Crippen molar-refractivity contribution in [2.24, 2.45) is 0 Å². The number of carbonyl (C=O) groups excluding carboxylic acids is 3. The highest BCUT2D eigenvalue weighted by Gasteiger charge is 2.32. The third-order valence-electron chi connectivity index (χ3n) is 6.91. The second-order valence-electron chi connectivity index (χ2n) is 10.7. The Hall–Kier alpha value is -3.40. The Morgan fingerprint density at radius 1 is 1.15 bits per heavy atom. The summed E-state index contributed by atoms with van der Waals surface area (Å²) in [5, 5.41) is 11.4. The first-order valence-electron chi connectivity index (χ1n) is 12.9. The summed E-state index contributed by atoms with van der Waals surface area (Å²) in [6, 6.07) is 7.27. The van der Waals surface area contributed by atoms with E-state index in [2.05, 4.69) is 5.32 Å². The predicted molar refractivity (Wildman–Crippen MR) is 156 cm³/mol. The molecule has 39 heavy (non-hydrogen) atoms. The summed E-state index contributed by atoms with van der Waals surface area (Å²) in [6.07, 6.45) is 0.144. The standard InChI is InChI=1S/C29H36N4O5.BrH/c1-7-37-25-13-20-15-32(28(30)21(20)10-19(25)14-26(36)31-6)16-24(35)18-11-22(29(3,4)5)27-23(12-18)33(17(2)34)8-9-38-27;/h10-13,30H,7-9,14-16H2,1-6H3,(H,31,36);1H. The first-order valence-corrected chi connectivity index (χ1v) is 12.9. The Bertz CT molecular complexity index is 1320. The minimum atomic E-state index is -0.312. The molecule has 2 aliphatic heterocycles. The molecule has 0 bridgehead atoms. The van der Waals surface area contributed by atoms with Crippen molar-refractivity contribution in [2.75, 3.05) is 38.3 Å². The minimum Gasteiger partial charge on any atom is -0.494 e. The lowest BCUT2D eigenvalue weighted by Gasteiger charge is -2.34. The fourth-order valence-electron chi connectivity index (χ4n) is 4.93. The molecule has 0 aromatic heterocycles. The van der Waals surface area contributed by atoms with Gasteiger partial charge in [0.2, 0.25) is 11.8 Å². The van der Waals surface area contributed by atoms with Crippen LogP contribution < -0.4 is 19.7 Å². The van der Waals surface area contributed by atoms with Crippen molar-refractivity contribution in [1.29, 1.82) is 5.41 Å². The number of ether oxygens (including phenoxy) is 2. The molecular formula is C29H37BrN4O5. The van der Waals surface area contributed by atoms with Crippen LogP contribution in [0.5, 0.6) is 11.5 Å². The molecule has 0 unspecified atom stereocenters. The van der Waals surface area contributed by atoms with Gasteiger partial charge in [0.15, 0.2) is 5.78 Å². The summed E-state index contributed by atoms with van der Waals surface area (Å²) in [5.41, 5.74) is 3.92. The number of hydrogen-bond acceptors (Lipinski definition) is 6. The molecule has 0 aliphatic carbocycles. The van der Waals surface area contributed by atoms with Gasteiger partial charge in [-0.1, -0.05) is 20.8 Å². The Balaban J connectivity index is 0.00000420. The zero-order valence-corrected chi connectivity index (χ0v) is 25.1. The van der Waals surface area contributed by atoms with E-state index in [1.54, 1.807) is 22.9 Å². The van der Waals surface area contributed by atoms with Gasteiger partial charge in [0.1, 0.15) is 23.9 Å². The van der Waals surface area contributed by atoms with Gasteiger partial charge in [0, 0.05) is 42.8 Å². The zero-order chi connectivity index (χ0) is 27.8. The lowest BCUT2D eigenvalue weighted by atomic mass is 9.84. The maximum Gasteiger partial charge on any atom is 0.224 e. The number of amidine groups is 1. The van der Waals surface area contributed by atoms with Gasteiger partial charge in [-0.05, 0) is 42.2 Å². The molecule has 2 heterocycles. The van der Waals surface area contributed by atoms with E-state index in [4.69, 9.17) is 14.9 Å². The highest BCUT2D eigenvalue weighted by molar-refractivity contribution is 8.93. The van der Waals surface area contributed by atoms with E-state index >= 15 is 0 Å². The zero-order valence-electron chi connectivity index (χ0n) is 23.4. The van der Waals surface area contributed by atoms with Crippen LogP contribution in [0.25, 0.3) is 0 Å². The quantitative estimate of drug-likeness (QED) is 0.464. The highest BCUT2D eigenvalue weighted by Crippen LogP contribution is 2.42. The molecule has 10 heteroatoms. The molecule has 0 spiro atoms. The van der Waals surface area contributed by atoms with Crippen molar-refractivity contribution in [3.63, 3.8) is 0 Å². The van der Waals surface area contributed by atoms with Crippen LogP contribution in [-0.2, 0) is 28.0 Å². The van der Waals surface area contributed by atoms with Crippen LogP contribution in [0, 0.1) is 5.41 Å². The van der Waals surface area contributed by atoms with Gasteiger partial charge in [-0.25, -0.2) is 0 Å². The smallest absolute Gasteiger partial charge is 0.224 e. The van der Waals surface area contributed by atoms with Crippen molar-refractivity contribution in [1.82, 2.24) is 10.2 Å². The number of benzene rings is 2. The Morgan fingerprint density at radius 3 is 2.49 bits per heavy atom. The first-order chi connectivity index (χ1) is 17.9. The van der Waals surface area contributed by atoms with Crippen LogP contribution in [0.2, 0.25) is 0 Å². The molecule has 210 valence electrons. The third-order valence-corrected chi connectivity index (χ3v) is 6.91. The van der Waals surface area contributed by atoms with Gasteiger partial charge in [-0.2, -0.15) is 0 Å². The van der Waals surface area contributed by atoms with E-state index in [-0.39, 0.29) is 58.8 Å². The molecule has 0 saturated carbocycles. The van der Waals surface area contributed by atoms with Crippen molar-refractivity contribution >= 4 is 46.1 Å². The fraction of sp³-hybridized carbons (Fsp3) is 0.448. The number of fused-ring (bicyclic) bond motifs is 2. The van der Waals surface area contributed by atoms with E-state index in [1.807, 2.05) is 45.9 Å². The van der Waals surface area contributed by atoms with Crippen LogP contribution in [-0.4, -0.2) is 61.7 Å². The topological polar surface area (TPSA) is 112 Å². The van der Waals surface area contributed by atoms with Gasteiger partial charge in [-0.15, -0.1) is 17.0 Å². The van der Waals surface area contributed by atoms with Crippen molar-refractivity contribution in [2.45, 2.75) is 53.0 Å².